The van der Waals surface area contributed by atoms with Crippen LogP contribution in [0.15, 0.2) is 12.1 Å². The predicted octanol–water partition coefficient (Wildman–Crippen LogP) is -0.312. The molecule has 0 unspecified atom stereocenters. The zero-order valence-electron chi connectivity index (χ0n) is 12.3. The molecule has 0 aromatic carbocycles. The van der Waals surface area contributed by atoms with Crippen LogP contribution in [0, 0.1) is 0 Å². The van der Waals surface area contributed by atoms with Crippen LogP contribution in [0.25, 0.3) is 0 Å². The Kier molecular flexibility index (Phi) is 5.65. The van der Waals surface area contributed by atoms with E-state index in [9.17, 15) is 9.59 Å². The SMILES string of the molecule is NCCC(=O)N[C@H]1CC[C@H](NC(=O)c2ccc(O)nn2)CC1. The van der Waals surface area contributed by atoms with Gasteiger partial charge in [0.25, 0.3) is 5.91 Å². The molecule has 1 aromatic heterocycles. The second-order valence-electron chi connectivity index (χ2n) is 5.40. The van der Waals surface area contributed by atoms with Gasteiger partial charge >= 0.3 is 0 Å². The summed E-state index contributed by atoms with van der Waals surface area (Å²) in [5.74, 6) is -0.539. The molecule has 5 N–H and O–H groups in total. The van der Waals surface area contributed by atoms with E-state index in [1.54, 1.807) is 0 Å². The number of nitrogens with two attached hydrogens (primary N) is 1. The standard InChI is InChI=1S/C14H21N5O3/c15-8-7-12(20)16-9-1-3-10(4-2-9)17-14(22)11-5-6-13(21)19-18-11/h5-6,9-10H,1-4,7-8,15H2,(H,16,20)(H,17,22)(H,19,21)/t9-,10-. The maximum Gasteiger partial charge on any atom is 0.272 e. The van der Waals surface area contributed by atoms with Crippen LogP contribution in [0.1, 0.15) is 42.6 Å². The summed E-state index contributed by atoms with van der Waals surface area (Å²) in [6, 6.07) is 2.97. The molecule has 2 amide bonds. The van der Waals surface area contributed by atoms with Crippen molar-refractivity contribution in [2.24, 2.45) is 5.73 Å². The molecule has 1 heterocycles. The zero-order chi connectivity index (χ0) is 15.9. The molecule has 8 nitrogen and oxygen atoms in total. The minimum atomic E-state index is -0.303. The third kappa shape index (κ3) is 4.66. The van der Waals surface area contributed by atoms with Crippen molar-refractivity contribution in [2.45, 2.75) is 44.2 Å². The van der Waals surface area contributed by atoms with Gasteiger partial charge in [-0.15, -0.1) is 10.2 Å². The Hall–Kier alpha value is -2.22. The number of aromatic hydroxyl groups is 1. The summed E-state index contributed by atoms with van der Waals surface area (Å²) >= 11 is 0. The summed E-state index contributed by atoms with van der Waals surface area (Å²) < 4.78 is 0. The van der Waals surface area contributed by atoms with Gasteiger partial charge < -0.3 is 21.5 Å². The average molecular weight is 307 g/mol. The van der Waals surface area contributed by atoms with Crippen LogP contribution in [0.3, 0.4) is 0 Å². The summed E-state index contributed by atoms with van der Waals surface area (Å²) in [5, 5.41) is 22.0. The van der Waals surface area contributed by atoms with E-state index in [1.165, 1.54) is 12.1 Å². The maximum absolute atomic E-state index is 12.0. The fraction of sp³-hybridized carbons (Fsp3) is 0.571. The number of rotatable bonds is 5. The molecule has 0 saturated heterocycles. The quantitative estimate of drug-likeness (QED) is 0.590. The first-order valence-corrected chi connectivity index (χ1v) is 7.41. The van der Waals surface area contributed by atoms with Crippen molar-refractivity contribution in [3.05, 3.63) is 17.8 Å². The number of nitrogens with zero attached hydrogens (tertiary/aromatic N) is 2. The van der Waals surface area contributed by atoms with Gasteiger partial charge in [0.1, 0.15) is 0 Å². The lowest BCUT2D eigenvalue weighted by atomic mass is 9.91. The second-order valence-corrected chi connectivity index (χ2v) is 5.40. The second kappa shape index (κ2) is 7.69. The number of hydrogen-bond acceptors (Lipinski definition) is 6. The van der Waals surface area contributed by atoms with Crippen LogP contribution in [-0.2, 0) is 4.79 Å². The van der Waals surface area contributed by atoms with Crippen LogP contribution >= 0.6 is 0 Å². The van der Waals surface area contributed by atoms with Crippen molar-refractivity contribution in [1.29, 1.82) is 0 Å². The van der Waals surface area contributed by atoms with Crippen molar-refractivity contribution in [3.63, 3.8) is 0 Å². The maximum atomic E-state index is 12.0. The highest BCUT2D eigenvalue weighted by atomic mass is 16.3. The fourth-order valence-electron chi connectivity index (χ4n) is 2.52. The van der Waals surface area contributed by atoms with E-state index in [4.69, 9.17) is 10.8 Å². The summed E-state index contributed by atoms with van der Waals surface area (Å²) in [7, 11) is 0. The number of nitrogens with one attached hydrogen (secondary N) is 2. The van der Waals surface area contributed by atoms with Crippen molar-refractivity contribution in [2.75, 3.05) is 6.54 Å². The molecule has 1 fully saturated rings. The van der Waals surface area contributed by atoms with E-state index < -0.39 is 0 Å². The smallest absolute Gasteiger partial charge is 0.272 e. The van der Waals surface area contributed by atoms with Crippen LogP contribution in [0.4, 0.5) is 0 Å². The Labute approximate surface area is 128 Å². The molecule has 1 aliphatic carbocycles. The first kappa shape index (κ1) is 16.2. The largest absolute Gasteiger partial charge is 0.492 e. The highest BCUT2D eigenvalue weighted by Gasteiger charge is 2.24. The first-order chi connectivity index (χ1) is 10.6. The molecular weight excluding hydrogens is 286 g/mol. The first-order valence-electron chi connectivity index (χ1n) is 7.41. The van der Waals surface area contributed by atoms with E-state index in [2.05, 4.69) is 20.8 Å². The van der Waals surface area contributed by atoms with Crippen LogP contribution in [0.5, 0.6) is 5.88 Å². The molecule has 0 aliphatic heterocycles. The topological polar surface area (TPSA) is 130 Å². The van der Waals surface area contributed by atoms with Gasteiger partial charge in [0, 0.05) is 31.1 Å². The van der Waals surface area contributed by atoms with Crippen molar-refractivity contribution in [1.82, 2.24) is 20.8 Å². The Balaban J connectivity index is 1.76. The van der Waals surface area contributed by atoms with E-state index >= 15 is 0 Å². The molecule has 1 saturated carbocycles. The molecule has 1 aromatic rings. The monoisotopic (exact) mass is 307 g/mol. The molecule has 0 radical (unpaired) electrons. The van der Waals surface area contributed by atoms with Gasteiger partial charge in [0.15, 0.2) is 5.69 Å². The average Bonchev–Trinajstić information content (AvgIpc) is 2.50. The van der Waals surface area contributed by atoms with E-state index in [-0.39, 0.29) is 35.5 Å². The molecule has 0 bridgehead atoms. The van der Waals surface area contributed by atoms with Crippen LogP contribution in [0.2, 0.25) is 0 Å². The minimum Gasteiger partial charge on any atom is -0.492 e. The highest BCUT2D eigenvalue weighted by molar-refractivity contribution is 5.92. The Morgan fingerprint density at radius 3 is 2.32 bits per heavy atom. The van der Waals surface area contributed by atoms with E-state index in [0.29, 0.717) is 13.0 Å². The normalized spacial score (nSPS) is 21.1. The summed E-state index contributed by atoms with van der Waals surface area (Å²) in [4.78, 5) is 23.5. The number of carbonyl (C=O) groups excluding carboxylic acids is 2. The molecule has 0 spiro atoms. The molecule has 8 heteroatoms. The van der Waals surface area contributed by atoms with Gasteiger partial charge in [-0.2, -0.15) is 0 Å². The number of carbonyl (C=O) groups is 2. The Morgan fingerprint density at radius 1 is 1.14 bits per heavy atom. The summed E-state index contributed by atoms with van der Waals surface area (Å²) in [6.07, 6.45) is 3.58. The van der Waals surface area contributed by atoms with E-state index in [1.807, 2.05) is 0 Å². The number of aromatic nitrogens is 2. The molecule has 2 rings (SSSR count). The Bertz CT molecular complexity index is 512. The van der Waals surface area contributed by atoms with Gasteiger partial charge in [-0.25, -0.2) is 0 Å². The van der Waals surface area contributed by atoms with Crippen LogP contribution in [-0.4, -0.2) is 45.7 Å². The lowest BCUT2D eigenvalue weighted by Gasteiger charge is -2.29. The fourth-order valence-corrected chi connectivity index (χ4v) is 2.52. The number of hydrogen-bond donors (Lipinski definition) is 4. The lowest BCUT2D eigenvalue weighted by molar-refractivity contribution is -0.121. The van der Waals surface area contributed by atoms with E-state index in [0.717, 1.165) is 25.7 Å². The molecule has 0 atom stereocenters. The summed E-state index contributed by atoms with van der Waals surface area (Å²) in [6.45, 7) is 0.352. The number of amides is 2. The lowest BCUT2D eigenvalue weighted by Crippen LogP contribution is -2.44. The minimum absolute atomic E-state index is 0.0191. The predicted molar refractivity (Wildman–Crippen MR) is 79.0 cm³/mol. The van der Waals surface area contributed by atoms with Gasteiger partial charge in [-0.3, -0.25) is 9.59 Å². The van der Waals surface area contributed by atoms with Gasteiger partial charge in [0.2, 0.25) is 11.8 Å². The molecule has 1 aliphatic rings. The summed E-state index contributed by atoms with van der Waals surface area (Å²) in [5.41, 5.74) is 5.52. The molecule has 120 valence electrons. The van der Waals surface area contributed by atoms with Crippen molar-refractivity contribution in [3.8, 4) is 5.88 Å². The van der Waals surface area contributed by atoms with Crippen molar-refractivity contribution < 1.29 is 14.7 Å². The zero-order valence-corrected chi connectivity index (χ0v) is 12.3. The highest BCUT2D eigenvalue weighted by Crippen LogP contribution is 2.19. The molecule has 22 heavy (non-hydrogen) atoms. The van der Waals surface area contributed by atoms with Crippen LogP contribution < -0.4 is 16.4 Å². The third-order valence-corrected chi connectivity index (χ3v) is 3.68. The van der Waals surface area contributed by atoms with Crippen molar-refractivity contribution >= 4 is 11.8 Å². The molecular formula is C14H21N5O3. The Morgan fingerprint density at radius 2 is 1.77 bits per heavy atom. The third-order valence-electron chi connectivity index (χ3n) is 3.68. The van der Waals surface area contributed by atoms with Gasteiger partial charge in [-0.1, -0.05) is 0 Å². The van der Waals surface area contributed by atoms with Gasteiger partial charge in [0.05, 0.1) is 0 Å². The van der Waals surface area contributed by atoms with Gasteiger partial charge in [-0.05, 0) is 31.7 Å².